The van der Waals surface area contributed by atoms with Crippen LogP contribution < -0.4 is 9.80 Å². The van der Waals surface area contributed by atoms with Crippen LogP contribution in [0, 0.1) is 5.82 Å². The number of hydrogen-bond acceptors (Lipinski definition) is 6. The monoisotopic (exact) mass is 399 g/mol. The zero-order valence-electron chi connectivity index (χ0n) is 14.4. The summed E-state index contributed by atoms with van der Waals surface area (Å²) >= 11 is 5.97. The van der Waals surface area contributed by atoms with Crippen LogP contribution in [-0.4, -0.2) is 63.0 Å². The predicted molar refractivity (Wildman–Crippen MR) is 98.7 cm³/mol. The Morgan fingerprint density at radius 3 is 2.50 bits per heavy atom. The average Bonchev–Trinajstić information content (AvgIpc) is 2.64. The van der Waals surface area contributed by atoms with Gasteiger partial charge in [-0.2, -0.15) is 9.29 Å². The van der Waals surface area contributed by atoms with Crippen LogP contribution >= 0.6 is 11.6 Å². The molecule has 7 nitrogen and oxygen atoms in total. The van der Waals surface area contributed by atoms with E-state index in [4.69, 9.17) is 11.6 Å². The quantitative estimate of drug-likeness (QED) is 0.781. The minimum atomic E-state index is -3.85. The highest BCUT2D eigenvalue weighted by Crippen LogP contribution is 2.27. The molecule has 1 aliphatic rings. The zero-order valence-corrected chi connectivity index (χ0v) is 16.0. The number of aromatic nitrogens is 2. The lowest BCUT2D eigenvalue weighted by Crippen LogP contribution is -2.49. The van der Waals surface area contributed by atoms with E-state index in [9.17, 15) is 12.8 Å². The fourth-order valence-electron chi connectivity index (χ4n) is 2.70. The largest absolute Gasteiger partial charge is 0.354 e. The first-order valence-electron chi connectivity index (χ1n) is 7.99. The van der Waals surface area contributed by atoms with Gasteiger partial charge in [0.2, 0.25) is 16.0 Å². The summed E-state index contributed by atoms with van der Waals surface area (Å²) in [5.74, 6) is 0.692. The molecule has 0 atom stereocenters. The number of halogens is 2. The standard InChI is InChI=1S/C16H19ClFN5O2S/c1-21(2)16-19-6-5-15(20-16)22-7-9-23(10-8-22)26(24,25)14-11-12(18)3-4-13(14)17/h3-6,11H,7-10H2,1-2H3. The second-order valence-corrected chi connectivity index (χ2v) is 8.39. The highest BCUT2D eigenvalue weighted by atomic mass is 35.5. The zero-order chi connectivity index (χ0) is 18.9. The van der Waals surface area contributed by atoms with Gasteiger partial charge in [0.25, 0.3) is 0 Å². The lowest BCUT2D eigenvalue weighted by molar-refractivity contribution is 0.383. The highest BCUT2D eigenvalue weighted by Gasteiger charge is 2.31. The molecule has 3 rings (SSSR count). The molecule has 10 heteroatoms. The summed E-state index contributed by atoms with van der Waals surface area (Å²) in [5.41, 5.74) is 0. The van der Waals surface area contributed by atoms with Crippen molar-refractivity contribution in [1.29, 1.82) is 0 Å². The maximum absolute atomic E-state index is 13.5. The van der Waals surface area contributed by atoms with Gasteiger partial charge in [0.15, 0.2) is 0 Å². The molecule has 26 heavy (non-hydrogen) atoms. The molecular formula is C16H19ClFN5O2S. The molecule has 1 aromatic heterocycles. The molecule has 0 radical (unpaired) electrons. The van der Waals surface area contributed by atoms with E-state index in [0.29, 0.717) is 19.0 Å². The fraction of sp³-hybridized carbons (Fsp3) is 0.375. The third kappa shape index (κ3) is 3.74. The summed E-state index contributed by atoms with van der Waals surface area (Å²) in [6.45, 7) is 1.46. The van der Waals surface area contributed by atoms with Crippen LogP contribution in [0.3, 0.4) is 0 Å². The Labute approximate surface area is 157 Å². The van der Waals surface area contributed by atoms with Gasteiger partial charge in [0.1, 0.15) is 16.5 Å². The van der Waals surface area contributed by atoms with Crippen molar-refractivity contribution < 1.29 is 12.8 Å². The first-order valence-corrected chi connectivity index (χ1v) is 9.81. The van der Waals surface area contributed by atoms with Crippen LogP contribution in [0.2, 0.25) is 5.02 Å². The number of piperazine rings is 1. The fourth-order valence-corrected chi connectivity index (χ4v) is 4.61. The maximum Gasteiger partial charge on any atom is 0.244 e. The number of benzene rings is 1. The molecule has 0 aliphatic carbocycles. The van der Waals surface area contributed by atoms with E-state index >= 15 is 0 Å². The van der Waals surface area contributed by atoms with Crippen molar-refractivity contribution >= 4 is 33.4 Å². The van der Waals surface area contributed by atoms with Crippen molar-refractivity contribution in [2.75, 3.05) is 50.1 Å². The Kier molecular flexibility index (Phi) is 5.31. The minimum Gasteiger partial charge on any atom is -0.354 e. The third-order valence-electron chi connectivity index (χ3n) is 4.10. The molecule has 1 saturated heterocycles. The van der Waals surface area contributed by atoms with E-state index in [1.54, 1.807) is 17.2 Å². The Hall–Kier alpha value is -1.97. The topological polar surface area (TPSA) is 69.6 Å². The summed E-state index contributed by atoms with van der Waals surface area (Å²) in [6, 6.07) is 5.14. The van der Waals surface area contributed by atoms with Crippen LogP contribution in [0.5, 0.6) is 0 Å². The molecule has 1 aromatic carbocycles. The van der Waals surface area contributed by atoms with Gasteiger partial charge in [-0.15, -0.1) is 0 Å². The molecule has 0 unspecified atom stereocenters. The molecule has 2 aromatic rings. The molecular weight excluding hydrogens is 381 g/mol. The molecule has 2 heterocycles. The maximum atomic E-state index is 13.5. The number of anilines is 2. The predicted octanol–water partition coefficient (Wildman–Crippen LogP) is 1.85. The van der Waals surface area contributed by atoms with Crippen LogP contribution in [0.15, 0.2) is 35.4 Å². The van der Waals surface area contributed by atoms with Gasteiger partial charge in [0, 0.05) is 46.5 Å². The van der Waals surface area contributed by atoms with E-state index < -0.39 is 15.8 Å². The molecule has 140 valence electrons. The molecule has 0 bridgehead atoms. The second-order valence-electron chi connectivity index (χ2n) is 6.08. The average molecular weight is 400 g/mol. The van der Waals surface area contributed by atoms with Crippen LogP contribution in [0.25, 0.3) is 0 Å². The molecule has 0 N–H and O–H groups in total. The Morgan fingerprint density at radius 2 is 1.85 bits per heavy atom. The summed E-state index contributed by atoms with van der Waals surface area (Å²) in [4.78, 5) is 12.2. The Bertz CT molecular complexity index is 901. The van der Waals surface area contributed by atoms with Crippen LogP contribution in [0.4, 0.5) is 16.2 Å². The van der Waals surface area contributed by atoms with Gasteiger partial charge >= 0.3 is 0 Å². The van der Waals surface area contributed by atoms with Crippen molar-refractivity contribution in [2.24, 2.45) is 0 Å². The number of sulfonamides is 1. The molecule has 0 amide bonds. The summed E-state index contributed by atoms with van der Waals surface area (Å²) < 4.78 is 40.3. The SMILES string of the molecule is CN(C)c1nccc(N2CCN(S(=O)(=O)c3cc(F)ccc3Cl)CC2)n1. The van der Waals surface area contributed by atoms with Crippen molar-refractivity contribution in [3.8, 4) is 0 Å². The minimum absolute atomic E-state index is 0.0141. The van der Waals surface area contributed by atoms with Crippen molar-refractivity contribution in [1.82, 2.24) is 14.3 Å². The van der Waals surface area contributed by atoms with Gasteiger partial charge in [-0.05, 0) is 24.3 Å². The van der Waals surface area contributed by atoms with Gasteiger partial charge in [0.05, 0.1) is 5.02 Å². The second kappa shape index (κ2) is 7.34. The van der Waals surface area contributed by atoms with Crippen molar-refractivity contribution in [3.63, 3.8) is 0 Å². The first-order chi connectivity index (χ1) is 12.3. The lowest BCUT2D eigenvalue weighted by atomic mass is 10.3. The Balaban J connectivity index is 1.76. The molecule has 1 aliphatic heterocycles. The number of hydrogen-bond donors (Lipinski definition) is 0. The van der Waals surface area contributed by atoms with Gasteiger partial charge in [-0.3, -0.25) is 0 Å². The van der Waals surface area contributed by atoms with Gasteiger partial charge < -0.3 is 9.80 Å². The first kappa shape index (κ1) is 18.8. The third-order valence-corrected chi connectivity index (χ3v) is 6.48. The summed E-state index contributed by atoms with van der Waals surface area (Å²) in [5, 5.41) is 0.0141. The number of nitrogens with zero attached hydrogens (tertiary/aromatic N) is 5. The van der Waals surface area contributed by atoms with Crippen molar-refractivity contribution in [3.05, 3.63) is 41.3 Å². The van der Waals surface area contributed by atoms with E-state index in [1.165, 1.54) is 10.4 Å². The summed E-state index contributed by atoms with van der Waals surface area (Å²) in [6.07, 6.45) is 1.67. The van der Waals surface area contributed by atoms with Crippen LogP contribution in [0.1, 0.15) is 0 Å². The van der Waals surface area contributed by atoms with E-state index in [2.05, 4.69) is 9.97 Å². The van der Waals surface area contributed by atoms with E-state index in [-0.39, 0.29) is 23.0 Å². The summed E-state index contributed by atoms with van der Waals surface area (Å²) in [7, 11) is -0.142. The lowest BCUT2D eigenvalue weighted by Gasteiger charge is -2.34. The molecule has 0 saturated carbocycles. The normalized spacial score (nSPS) is 15.9. The van der Waals surface area contributed by atoms with Crippen molar-refractivity contribution in [2.45, 2.75) is 4.90 Å². The van der Waals surface area contributed by atoms with E-state index in [0.717, 1.165) is 18.0 Å². The van der Waals surface area contributed by atoms with Gasteiger partial charge in [-0.1, -0.05) is 11.6 Å². The van der Waals surface area contributed by atoms with Crippen LogP contribution in [-0.2, 0) is 10.0 Å². The Morgan fingerprint density at radius 1 is 1.15 bits per heavy atom. The highest BCUT2D eigenvalue weighted by molar-refractivity contribution is 7.89. The van der Waals surface area contributed by atoms with Gasteiger partial charge in [-0.25, -0.2) is 17.8 Å². The smallest absolute Gasteiger partial charge is 0.244 e. The van der Waals surface area contributed by atoms with E-state index in [1.807, 2.05) is 19.0 Å². The molecule has 1 fully saturated rings. The number of rotatable bonds is 4. The molecule has 0 spiro atoms.